The minimum Gasteiger partial charge on any atom is -0.497 e. The number of aromatic amines is 1. The van der Waals surface area contributed by atoms with Crippen LogP contribution in [0.25, 0.3) is 10.9 Å². The molecule has 1 N–H and O–H groups in total. The smallest absolute Gasteiger partial charge is 0.252 e. The van der Waals surface area contributed by atoms with Gasteiger partial charge in [-0.3, -0.25) is 9.69 Å². The molecule has 0 unspecified atom stereocenters. The van der Waals surface area contributed by atoms with Crippen molar-refractivity contribution < 1.29 is 4.74 Å². The third-order valence-corrected chi connectivity index (χ3v) is 6.56. The average molecular weight is 489 g/mol. The lowest BCUT2D eigenvalue weighted by atomic mass is 10.0. The van der Waals surface area contributed by atoms with Crippen LogP contribution in [0.15, 0.2) is 47.3 Å². The number of hydrogen-bond acceptors (Lipinski definition) is 6. The molecule has 0 spiro atoms. The molecule has 0 fully saturated rings. The van der Waals surface area contributed by atoms with Crippen molar-refractivity contribution in [3.8, 4) is 5.75 Å². The molecule has 8 heteroatoms. The van der Waals surface area contributed by atoms with Crippen molar-refractivity contribution >= 4 is 10.9 Å². The van der Waals surface area contributed by atoms with Gasteiger partial charge in [-0.15, -0.1) is 5.10 Å². The summed E-state index contributed by atoms with van der Waals surface area (Å²) in [5, 5.41) is 13.8. The molecule has 0 bridgehead atoms. The van der Waals surface area contributed by atoms with Crippen molar-refractivity contribution in [3.05, 3.63) is 80.9 Å². The molecule has 0 aliphatic rings. The van der Waals surface area contributed by atoms with Crippen LogP contribution >= 0.6 is 0 Å². The Labute approximate surface area is 212 Å². The van der Waals surface area contributed by atoms with E-state index in [4.69, 9.17) is 4.74 Å². The molecule has 1 atom stereocenters. The van der Waals surface area contributed by atoms with Gasteiger partial charge in [-0.2, -0.15) is 0 Å². The number of rotatable bonds is 8. The van der Waals surface area contributed by atoms with Crippen molar-refractivity contribution in [2.45, 2.75) is 72.6 Å². The lowest BCUT2D eigenvalue weighted by Gasteiger charge is -2.32. The third kappa shape index (κ3) is 5.33. The minimum atomic E-state index is -0.270. The first-order valence-electron chi connectivity index (χ1n) is 12.4. The van der Waals surface area contributed by atoms with Gasteiger partial charge >= 0.3 is 0 Å². The predicted molar refractivity (Wildman–Crippen MR) is 142 cm³/mol. The molecule has 4 aromatic rings. The first-order valence-corrected chi connectivity index (χ1v) is 12.4. The Morgan fingerprint density at radius 3 is 2.44 bits per heavy atom. The van der Waals surface area contributed by atoms with Gasteiger partial charge in [0.15, 0.2) is 5.82 Å². The molecule has 2 aromatic carbocycles. The summed E-state index contributed by atoms with van der Waals surface area (Å²) in [4.78, 5) is 18.6. The van der Waals surface area contributed by atoms with Crippen LogP contribution in [0.2, 0.25) is 0 Å². The highest BCUT2D eigenvalue weighted by atomic mass is 16.5. The monoisotopic (exact) mass is 488 g/mol. The van der Waals surface area contributed by atoms with Crippen LogP contribution in [-0.4, -0.2) is 37.2 Å². The number of tetrazole rings is 1. The molecule has 36 heavy (non-hydrogen) atoms. The van der Waals surface area contributed by atoms with E-state index in [1.165, 1.54) is 0 Å². The Balaban J connectivity index is 1.78. The normalized spacial score (nSPS) is 12.9. The second kappa shape index (κ2) is 10.2. The van der Waals surface area contributed by atoms with Crippen LogP contribution < -0.4 is 10.3 Å². The van der Waals surface area contributed by atoms with Gasteiger partial charge in [-0.05, 0) is 92.4 Å². The molecular formula is C28H36N6O2. The zero-order chi connectivity index (χ0) is 26.0. The van der Waals surface area contributed by atoms with Gasteiger partial charge in [0.2, 0.25) is 0 Å². The van der Waals surface area contributed by atoms with Crippen LogP contribution in [0.4, 0.5) is 0 Å². The van der Waals surface area contributed by atoms with Crippen molar-refractivity contribution in [2.24, 2.45) is 0 Å². The van der Waals surface area contributed by atoms with Gasteiger partial charge in [0.25, 0.3) is 5.56 Å². The molecule has 2 aromatic heterocycles. The molecule has 2 heterocycles. The highest BCUT2D eigenvalue weighted by Crippen LogP contribution is 2.29. The molecule has 0 amide bonds. The van der Waals surface area contributed by atoms with Gasteiger partial charge in [-0.25, -0.2) is 4.68 Å². The largest absolute Gasteiger partial charge is 0.497 e. The minimum absolute atomic E-state index is 0.0718. The molecule has 190 valence electrons. The van der Waals surface area contributed by atoms with E-state index in [-0.39, 0.29) is 17.1 Å². The van der Waals surface area contributed by atoms with Crippen molar-refractivity contribution in [1.82, 2.24) is 30.1 Å². The van der Waals surface area contributed by atoms with E-state index in [9.17, 15) is 4.79 Å². The van der Waals surface area contributed by atoms with Crippen LogP contribution in [0.1, 0.15) is 68.2 Å². The van der Waals surface area contributed by atoms with Gasteiger partial charge in [0, 0.05) is 29.6 Å². The summed E-state index contributed by atoms with van der Waals surface area (Å²) in [6, 6.07) is 14.1. The fourth-order valence-electron chi connectivity index (χ4n) is 4.78. The summed E-state index contributed by atoms with van der Waals surface area (Å²) >= 11 is 0. The van der Waals surface area contributed by atoms with Gasteiger partial charge in [0.05, 0.1) is 18.7 Å². The van der Waals surface area contributed by atoms with Gasteiger partial charge < -0.3 is 9.72 Å². The SMILES string of the molecule is CC[C@H](c1nnnn1C(C)(C)C)N(Cc1ccc(OC)cc1)Cc1cc2c(C)cc(C)cc2[nH]c1=O. The van der Waals surface area contributed by atoms with Crippen LogP contribution in [0, 0.1) is 13.8 Å². The number of nitrogens with one attached hydrogen (secondary N) is 1. The van der Waals surface area contributed by atoms with E-state index in [0.717, 1.165) is 51.2 Å². The summed E-state index contributed by atoms with van der Waals surface area (Å²) in [6.45, 7) is 13.6. The van der Waals surface area contributed by atoms with E-state index in [0.29, 0.717) is 13.1 Å². The summed E-state index contributed by atoms with van der Waals surface area (Å²) in [5.41, 5.74) is 4.64. The first-order chi connectivity index (χ1) is 17.1. The standard InChI is InChI=1S/C28H36N6O2/c1-8-25(26-30-31-32-34(26)28(4,5)6)33(16-20-9-11-22(36-7)12-10-20)17-21-15-23-19(3)13-18(2)14-24(23)29-27(21)35/h9-15,25H,8,16-17H2,1-7H3,(H,29,35)/t25-/m1/s1. The van der Waals surface area contributed by atoms with Crippen LogP contribution in [-0.2, 0) is 18.6 Å². The summed E-state index contributed by atoms with van der Waals surface area (Å²) < 4.78 is 7.23. The van der Waals surface area contributed by atoms with Crippen molar-refractivity contribution in [2.75, 3.05) is 7.11 Å². The number of H-pyrrole nitrogens is 1. The fraction of sp³-hybridized carbons (Fsp3) is 0.429. The van der Waals surface area contributed by atoms with E-state index < -0.39 is 0 Å². The molecule has 8 nitrogen and oxygen atoms in total. The molecule has 0 saturated carbocycles. The second-order valence-corrected chi connectivity index (χ2v) is 10.5. The number of ether oxygens (including phenoxy) is 1. The molecule has 0 aliphatic carbocycles. The average Bonchev–Trinajstić information content (AvgIpc) is 3.31. The zero-order valence-corrected chi connectivity index (χ0v) is 22.3. The fourth-order valence-corrected chi connectivity index (χ4v) is 4.78. The van der Waals surface area contributed by atoms with Crippen molar-refractivity contribution in [3.63, 3.8) is 0 Å². The Morgan fingerprint density at radius 1 is 1.08 bits per heavy atom. The van der Waals surface area contributed by atoms with E-state index in [1.54, 1.807) is 7.11 Å². The number of benzene rings is 2. The number of hydrogen-bond donors (Lipinski definition) is 1. The number of fused-ring (bicyclic) bond motifs is 1. The zero-order valence-electron chi connectivity index (χ0n) is 22.3. The Kier molecular flexibility index (Phi) is 7.26. The number of nitrogens with zero attached hydrogens (tertiary/aromatic N) is 5. The Hall–Kier alpha value is -3.52. The predicted octanol–water partition coefficient (Wildman–Crippen LogP) is 5.05. The van der Waals surface area contributed by atoms with Crippen molar-refractivity contribution in [1.29, 1.82) is 0 Å². The summed E-state index contributed by atoms with van der Waals surface area (Å²) in [6.07, 6.45) is 0.788. The molecule has 0 saturated heterocycles. The maximum Gasteiger partial charge on any atom is 0.252 e. The van der Waals surface area contributed by atoms with Gasteiger partial charge in [0.1, 0.15) is 5.75 Å². The highest BCUT2D eigenvalue weighted by molar-refractivity contribution is 5.83. The number of pyridine rings is 1. The maximum atomic E-state index is 13.2. The van der Waals surface area contributed by atoms with Crippen LogP contribution in [0.3, 0.4) is 0 Å². The molecule has 0 aliphatic heterocycles. The molecular weight excluding hydrogens is 452 g/mol. The van der Waals surface area contributed by atoms with Gasteiger partial charge in [-0.1, -0.05) is 25.1 Å². The lowest BCUT2D eigenvalue weighted by molar-refractivity contribution is 0.153. The second-order valence-electron chi connectivity index (χ2n) is 10.5. The number of aryl methyl sites for hydroxylation is 2. The Morgan fingerprint density at radius 2 is 1.81 bits per heavy atom. The number of aromatic nitrogens is 5. The maximum absolute atomic E-state index is 13.2. The topological polar surface area (TPSA) is 88.9 Å². The highest BCUT2D eigenvalue weighted by Gasteiger charge is 2.29. The van der Waals surface area contributed by atoms with Crippen LogP contribution in [0.5, 0.6) is 5.75 Å². The number of methoxy groups -OCH3 is 1. The quantitative estimate of drug-likeness (QED) is 0.373. The summed E-state index contributed by atoms with van der Waals surface area (Å²) in [5.74, 6) is 1.60. The van der Waals surface area contributed by atoms with E-state index >= 15 is 0 Å². The summed E-state index contributed by atoms with van der Waals surface area (Å²) in [7, 11) is 1.66. The van der Waals surface area contributed by atoms with E-state index in [2.05, 4.69) is 78.2 Å². The van der Waals surface area contributed by atoms with E-state index in [1.807, 2.05) is 35.9 Å². The Bertz CT molecular complexity index is 1400. The molecule has 4 rings (SSSR count). The third-order valence-electron chi connectivity index (χ3n) is 6.56. The molecule has 0 radical (unpaired) electrons. The lowest BCUT2D eigenvalue weighted by Crippen LogP contribution is -2.35. The first kappa shape index (κ1) is 25.6.